The normalized spacial score (nSPS) is 22.1. The van der Waals surface area contributed by atoms with Gasteiger partial charge in [0.25, 0.3) is 0 Å². The van der Waals surface area contributed by atoms with Crippen LogP contribution >= 0.6 is 0 Å². The van der Waals surface area contributed by atoms with Gasteiger partial charge in [-0.2, -0.15) is 4.98 Å². The first kappa shape index (κ1) is 13.8. The molecule has 0 spiro atoms. The van der Waals surface area contributed by atoms with Crippen LogP contribution in [-0.4, -0.2) is 28.7 Å². The minimum absolute atomic E-state index is 0.409. The summed E-state index contributed by atoms with van der Waals surface area (Å²) < 4.78 is 10.8. The summed E-state index contributed by atoms with van der Waals surface area (Å²) in [4.78, 5) is 6.98. The van der Waals surface area contributed by atoms with Crippen molar-refractivity contribution < 1.29 is 9.26 Å². The number of likely N-dealkylation sites (tertiary alicyclic amines) is 1. The smallest absolute Gasteiger partial charge is 0.240 e. The van der Waals surface area contributed by atoms with Crippen molar-refractivity contribution in [1.29, 1.82) is 0 Å². The highest BCUT2D eigenvalue weighted by Gasteiger charge is 2.31. The average molecular weight is 299 g/mol. The van der Waals surface area contributed by atoms with E-state index >= 15 is 0 Å². The van der Waals surface area contributed by atoms with E-state index in [1.807, 2.05) is 6.07 Å². The van der Waals surface area contributed by atoms with Gasteiger partial charge < -0.3 is 9.26 Å². The van der Waals surface area contributed by atoms with Crippen molar-refractivity contribution in [2.75, 3.05) is 13.7 Å². The largest absolute Gasteiger partial charge is 0.497 e. The third kappa shape index (κ3) is 2.73. The van der Waals surface area contributed by atoms with E-state index in [0.29, 0.717) is 12.0 Å². The summed E-state index contributed by atoms with van der Waals surface area (Å²) in [6, 6.07) is 8.76. The summed E-state index contributed by atoms with van der Waals surface area (Å²) in [5.74, 6) is 3.10. The molecule has 1 saturated carbocycles. The standard InChI is InChI=1S/C17H21N3O2/c1-21-14-5-2-4-13(10-14)15-6-3-9-20(15)11-16-18-17(19-22-16)12-7-8-12/h2,4-5,10,12,15H,3,6-9,11H2,1H3/t15-/m0/s1. The van der Waals surface area contributed by atoms with E-state index in [2.05, 4.69) is 33.2 Å². The first-order valence-electron chi connectivity index (χ1n) is 8.04. The Morgan fingerprint density at radius 3 is 3.05 bits per heavy atom. The first-order valence-corrected chi connectivity index (χ1v) is 8.04. The molecule has 5 heteroatoms. The van der Waals surface area contributed by atoms with E-state index in [1.165, 1.54) is 24.8 Å². The molecule has 2 aromatic rings. The van der Waals surface area contributed by atoms with Gasteiger partial charge in [0.1, 0.15) is 5.75 Å². The highest BCUT2D eigenvalue weighted by atomic mass is 16.5. The zero-order valence-corrected chi connectivity index (χ0v) is 12.9. The van der Waals surface area contributed by atoms with E-state index in [0.717, 1.165) is 37.0 Å². The SMILES string of the molecule is COc1cccc([C@@H]2CCCN2Cc2nc(C3CC3)no2)c1. The van der Waals surface area contributed by atoms with Crippen molar-refractivity contribution >= 4 is 0 Å². The van der Waals surface area contributed by atoms with Gasteiger partial charge in [-0.25, -0.2) is 0 Å². The van der Waals surface area contributed by atoms with Crippen molar-refractivity contribution in [3.05, 3.63) is 41.5 Å². The second-order valence-corrected chi connectivity index (χ2v) is 6.23. The number of nitrogens with zero attached hydrogens (tertiary/aromatic N) is 3. The molecule has 5 nitrogen and oxygen atoms in total. The lowest BCUT2D eigenvalue weighted by Crippen LogP contribution is -2.23. The summed E-state index contributed by atoms with van der Waals surface area (Å²) >= 11 is 0. The van der Waals surface area contributed by atoms with E-state index in [1.54, 1.807) is 7.11 Å². The summed E-state index contributed by atoms with van der Waals surface area (Å²) in [5, 5.41) is 4.11. The molecule has 0 amide bonds. The van der Waals surface area contributed by atoms with Gasteiger partial charge in [-0.1, -0.05) is 17.3 Å². The predicted molar refractivity (Wildman–Crippen MR) is 81.7 cm³/mol. The van der Waals surface area contributed by atoms with Crippen molar-refractivity contribution in [2.45, 2.75) is 44.2 Å². The summed E-state index contributed by atoms with van der Waals surface area (Å²) in [7, 11) is 1.71. The van der Waals surface area contributed by atoms with Gasteiger partial charge in [-0.15, -0.1) is 0 Å². The lowest BCUT2D eigenvalue weighted by atomic mass is 10.0. The Morgan fingerprint density at radius 2 is 2.23 bits per heavy atom. The minimum atomic E-state index is 0.409. The van der Waals surface area contributed by atoms with Gasteiger partial charge in [-0.05, 0) is 49.9 Å². The lowest BCUT2D eigenvalue weighted by Gasteiger charge is -2.23. The predicted octanol–water partition coefficient (Wildman–Crippen LogP) is 3.29. The lowest BCUT2D eigenvalue weighted by molar-refractivity contribution is 0.212. The van der Waals surface area contributed by atoms with Crippen LogP contribution in [-0.2, 0) is 6.54 Å². The molecule has 4 rings (SSSR count). The van der Waals surface area contributed by atoms with Crippen LogP contribution in [0.2, 0.25) is 0 Å². The van der Waals surface area contributed by atoms with Crippen molar-refractivity contribution in [1.82, 2.24) is 15.0 Å². The van der Waals surface area contributed by atoms with Gasteiger partial charge in [0, 0.05) is 12.0 Å². The summed E-state index contributed by atoms with van der Waals surface area (Å²) in [6.45, 7) is 1.81. The monoisotopic (exact) mass is 299 g/mol. The van der Waals surface area contributed by atoms with Gasteiger partial charge >= 0.3 is 0 Å². The van der Waals surface area contributed by atoms with Crippen LogP contribution in [0.1, 0.15) is 54.9 Å². The maximum Gasteiger partial charge on any atom is 0.240 e. The molecule has 1 aliphatic carbocycles. The molecule has 1 aromatic carbocycles. The Labute approximate surface area is 130 Å². The first-order chi connectivity index (χ1) is 10.8. The maximum absolute atomic E-state index is 5.43. The van der Waals surface area contributed by atoms with Gasteiger partial charge in [0.15, 0.2) is 5.82 Å². The molecule has 2 heterocycles. The van der Waals surface area contributed by atoms with Crippen LogP contribution in [0.5, 0.6) is 5.75 Å². The Kier molecular flexibility index (Phi) is 3.58. The van der Waals surface area contributed by atoms with Gasteiger partial charge in [-0.3, -0.25) is 4.90 Å². The quantitative estimate of drug-likeness (QED) is 0.848. The zero-order valence-electron chi connectivity index (χ0n) is 12.9. The zero-order chi connectivity index (χ0) is 14.9. The topological polar surface area (TPSA) is 51.4 Å². The van der Waals surface area contributed by atoms with Crippen LogP contribution < -0.4 is 4.74 Å². The molecular weight excluding hydrogens is 278 g/mol. The Hall–Kier alpha value is -1.88. The number of benzene rings is 1. The highest BCUT2D eigenvalue weighted by Crippen LogP contribution is 2.39. The van der Waals surface area contributed by atoms with Crippen molar-refractivity contribution in [3.63, 3.8) is 0 Å². The van der Waals surface area contributed by atoms with Crippen LogP contribution in [0.25, 0.3) is 0 Å². The van der Waals surface area contributed by atoms with E-state index in [9.17, 15) is 0 Å². The second-order valence-electron chi connectivity index (χ2n) is 6.23. The fourth-order valence-electron chi connectivity index (χ4n) is 3.26. The Balaban J connectivity index is 1.49. The van der Waals surface area contributed by atoms with Crippen molar-refractivity contribution in [2.24, 2.45) is 0 Å². The number of methoxy groups -OCH3 is 1. The molecule has 22 heavy (non-hydrogen) atoms. The summed E-state index contributed by atoms with van der Waals surface area (Å²) in [5.41, 5.74) is 1.30. The number of hydrogen-bond acceptors (Lipinski definition) is 5. The molecule has 116 valence electrons. The number of ether oxygens (including phenoxy) is 1. The molecule has 2 aliphatic rings. The fourth-order valence-corrected chi connectivity index (χ4v) is 3.26. The van der Waals surface area contributed by atoms with E-state index in [4.69, 9.17) is 9.26 Å². The second kappa shape index (κ2) is 5.72. The molecular formula is C17H21N3O2. The molecule has 0 N–H and O–H groups in total. The van der Waals surface area contributed by atoms with Gasteiger partial charge in [0.2, 0.25) is 5.89 Å². The third-order valence-electron chi connectivity index (χ3n) is 4.61. The van der Waals surface area contributed by atoms with E-state index < -0.39 is 0 Å². The van der Waals surface area contributed by atoms with Crippen LogP contribution in [0, 0.1) is 0 Å². The molecule has 2 fully saturated rings. The number of aromatic nitrogens is 2. The minimum Gasteiger partial charge on any atom is -0.497 e. The van der Waals surface area contributed by atoms with Crippen LogP contribution in [0.3, 0.4) is 0 Å². The molecule has 0 unspecified atom stereocenters. The van der Waals surface area contributed by atoms with Crippen LogP contribution in [0.15, 0.2) is 28.8 Å². The highest BCUT2D eigenvalue weighted by molar-refractivity contribution is 5.31. The molecule has 1 atom stereocenters. The molecule has 1 saturated heterocycles. The van der Waals surface area contributed by atoms with Crippen molar-refractivity contribution in [3.8, 4) is 5.75 Å². The fraction of sp³-hybridized carbons (Fsp3) is 0.529. The molecule has 0 radical (unpaired) electrons. The number of hydrogen-bond donors (Lipinski definition) is 0. The average Bonchev–Trinajstić information content (AvgIpc) is 3.13. The summed E-state index contributed by atoms with van der Waals surface area (Å²) in [6.07, 6.45) is 4.77. The molecule has 1 aromatic heterocycles. The third-order valence-corrected chi connectivity index (χ3v) is 4.61. The number of rotatable bonds is 5. The maximum atomic E-state index is 5.43. The van der Waals surface area contributed by atoms with E-state index in [-0.39, 0.29) is 0 Å². The van der Waals surface area contributed by atoms with Crippen LogP contribution in [0.4, 0.5) is 0 Å². The molecule has 1 aliphatic heterocycles. The Bertz CT molecular complexity index is 651. The van der Waals surface area contributed by atoms with Gasteiger partial charge in [0.05, 0.1) is 13.7 Å². The molecule has 0 bridgehead atoms. The Morgan fingerprint density at radius 1 is 1.32 bits per heavy atom.